The van der Waals surface area contributed by atoms with Crippen LogP contribution >= 0.6 is 0 Å². The number of hydrogen-bond acceptors (Lipinski definition) is 4. The molecule has 0 atom stereocenters. The number of ketones is 1. The zero-order valence-corrected chi connectivity index (χ0v) is 12.6. The van der Waals surface area contributed by atoms with E-state index in [0.717, 1.165) is 5.56 Å². The number of ether oxygens (including phenoxy) is 1. The van der Waals surface area contributed by atoms with Crippen molar-refractivity contribution in [3.63, 3.8) is 0 Å². The molecule has 24 heavy (non-hydrogen) atoms. The highest BCUT2D eigenvalue weighted by Gasteiger charge is 2.14. The fourth-order valence-corrected chi connectivity index (χ4v) is 2.00. The molecule has 0 bridgehead atoms. The van der Waals surface area contributed by atoms with Crippen LogP contribution in [0.2, 0.25) is 0 Å². The fourth-order valence-electron chi connectivity index (χ4n) is 2.00. The Bertz CT molecular complexity index is 786. The Morgan fingerprint density at radius 2 is 1.88 bits per heavy atom. The lowest BCUT2D eigenvalue weighted by Gasteiger charge is -2.09. The lowest BCUT2D eigenvalue weighted by atomic mass is 10.1. The first kappa shape index (κ1) is 17.3. The van der Waals surface area contributed by atoms with Gasteiger partial charge < -0.3 is 4.74 Å². The highest BCUT2D eigenvalue weighted by atomic mass is 19.3. The monoisotopic (exact) mass is 333 g/mol. The highest BCUT2D eigenvalue weighted by molar-refractivity contribution is 6.08. The summed E-state index contributed by atoms with van der Waals surface area (Å²) in [4.78, 5) is 22.3. The van der Waals surface area contributed by atoms with E-state index in [9.17, 15) is 23.7 Å². The normalized spacial score (nSPS) is 11.0. The van der Waals surface area contributed by atoms with Crippen LogP contribution in [0.3, 0.4) is 0 Å². The summed E-state index contributed by atoms with van der Waals surface area (Å²) in [6.07, 6.45) is 2.65. The van der Waals surface area contributed by atoms with Crippen LogP contribution in [0.25, 0.3) is 6.08 Å². The van der Waals surface area contributed by atoms with Crippen molar-refractivity contribution in [1.29, 1.82) is 0 Å². The van der Waals surface area contributed by atoms with E-state index in [4.69, 9.17) is 0 Å². The average Bonchev–Trinajstić information content (AvgIpc) is 2.54. The first-order valence-corrected chi connectivity index (χ1v) is 6.89. The lowest BCUT2D eigenvalue weighted by Crippen LogP contribution is -2.07. The van der Waals surface area contributed by atoms with Gasteiger partial charge in [-0.25, -0.2) is 0 Å². The minimum Gasteiger partial charge on any atom is -0.434 e. The number of benzene rings is 2. The molecule has 2 aromatic carbocycles. The molecule has 0 aliphatic carbocycles. The van der Waals surface area contributed by atoms with E-state index in [1.165, 1.54) is 48.6 Å². The van der Waals surface area contributed by atoms with Gasteiger partial charge in [0.15, 0.2) is 5.78 Å². The summed E-state index contributed by atoms with van der Waals surface area (Å²) in [5.74, 6) is -0.707. The van der Waals surface area contributed by atoms with Gasteiger partial charge >= 0.3 is 6.61 Å². The first-order valence-electron chi connectivity index (χ1n) is 6.89. The number of halogens is 2. The number of carbonyl (C=O) groups is 1. The fraction of sp³-hybridized carbons (Fsp3) is 0.118. The summed E-state index contributed by atoms with van der Waals surface area (Å²) in [6, 6.07) is 9.91. The maximum atomic E-state index is 12.4. The van der Waals surface area contributed by atoms with Crippen LogP contribution in [0, 0.1) is 17.0 Å². The van der Waals surface area contributed by atoms with Gasteiger partial charge in [0.05, 0.1) is 10.5 Å². The summed E-state index contributed by atoms with van der Waals surface area (Å²) in [5, 5.41) is 10.6. The van der Waals surface area contributed by atoms with Crippen LogP contribution < -0.4 is 4.74 Å². The van der Waals surface area contributed by atoms with Crippen molar-refractivity contribution in [3.05, 3.63) is 75.3 Å². The summed E-state index contributed by atoms with van der Waals surface area (Å²) in [5.41, 5.74) is 1.25. The summed E-state index contributed by atoms with van der Waals surface area (Å²) in [6.45, 7) is -1.30. The second-order valence-corrected chi connectivity index (χ2v) is 4.92. The van der Waals surface area contributed by atoms with Gasteiger partial charge in [0, 0.05) is 12.1 Å². The van der Waals surface area contributed by atoms with Crippen molar-refractivity contribution in [1.82, 2.24) is 0 Å². The van der Waals surface area contributed by atoms with Crippen molar-refractivity contribution >= 4 is 17.5 Å². The summed E-state index contributed by atoms with van der Waals surface area (Å²) in [7, 11) is 0. The SMILES string of the molecule is Cc1ccc(OC(F)F)c(C(=O)C=Cc2ccc([N+](=O)[O-])cc2)c1. The Kier molecular flexibility index (Phi) is 5.36. The van der Waals surface area contributed by atoms with Crippen molar-refractivity contribution in [2.24, 2.45) is 0 Å². The molecule has 0 aromatic heterocycles. The number of rotatable bonds is 6. The molecule has 124 valence electrons. The van der Waals surface area contributed by atoms with Gasteiger partial charge in [-0.05, 0) is 42.8 Å². The number of nitrogens with zero attached hydrogens (tertiary/aromatic N) is 1. The Morgan fingerprint density at radius 3 is 2.46 bits per heavy atom. The van der Waals surface area contributed by atoms with Crippen LogP contribution in [-0.4, -0.2) is 17.3 Å². The maximum absolute atomic E-state index is 12.4. The van der Waals surface area contributed by atoms with E-state index in [-0.39, 0.29) is 17.0 Å². The van der Waals surface area contributed by atoms with Gasteiger partial charge in [-0.2, -0.15) is 8.78 Å². The third-order valence-electron chi connectivity index (χ3n) is 3.15. The standard InChI is InChI=1S/C17H13F2NO4/c1-11-2-9-16(24-17(18)19)14(10-11)15(21)8-5-12-3-6-13(7-4-12)20(22)23/h2-10,17H,1H3. The molecule has 0 amide bonds. The predicted octanol–water partition coefficient (Wildman–Crippen LogP) is 4.40. The molecule has 0 spiro atoms. The van der Waals surface area contributed by atoms with Crippen molar-refractivity contribution in [2.75, 3.05) is 0 Å². The Hall–Kier alpha value is -3.09. The number of nitro groups is 1. The minimum absolute atomic E-state index is 0.0217. The second kappa shape index (κ2) is 7.45. The molecule has 0 unspecified atom stereocenters. The first-order chi connectivity index (χ1) is 11.4. The molecular weight excluding hydrogens is 320 g/mol. The van der Waals surface area contributed by atoms with Gasteiger partial charge in [0.25, 0.3) is 5.69 Å². The quantitative estimate of drug-likeness (QED) is 0.340. The van der Waals surface area contributed by atoms with Gasteiger partial charge in [-0.1, -0.05) is 17.7 Å². The van der Waals surface area contributed by atoms with Crippen LogP contribution in [0.1, 0.15) is 21.5 Å². The number of aryl methyl sites for hydroxylation is 1. The number of non-ortho nitro benzene ring substituents is 1. The molecule has 7 heteroatoms. The molecule has 0 N–H and O–H groups in total. The minimum atomic E-state index is -3.03. The van der Waals surface area contributed by atoms with Crippen LogP contribution in [0.4, 0.5) is 14.5 Å². The van der Waals surface area contributed by atoms with Gasteiger partial charge in [-0.3, -0.25) is 14.9 Å². The Morgan fingerprint density at radius 1 is 1.21 bits per heavy atom. The van der Waals surface area contributed by atoms with Gasteiger partial charge in [0.2, 0.25) is 0 Å². The molecule has 2 aromatic rings. The van der Waals surface area contributed by atoms with Crippen molar-refractivity contribution < 1.29 is 23.2 Å². The van der Waals surface area contributed by atoms with E-state index in [2.05, 4.69) is 4.74 Å². The van der Waals surface area contributed by atoms with Gasteiger partial charge in [-0.15, -0.1) is 0 Å². The van der Waals surface area contributed by atoms with E-state index < -0.39 is 17.3 Å². The molecule has 0 fully saturated rings. The zero-order chi connectivity index (χ0) is 17.7. The number of allylic oxidation sites excluding steroid dienone is 1. The second-order valence-electron chi connectivity index (χ2n) is 4.92. The molecule has 0 saturated heterocycles. The maximum Gasteiger partial charge on any atom is 0.387 e. The number of hydrogen-bond donors (Lipinski definition) is 0. The Labute approximate surface area is 136 Å². The largest absolute Gasteiger partial charge is 0.434 e. The lowest BCUT2D eigenvalue weighted by molar-refractivity contribution is -0.384. The van der Waals surface area contributed by atoms with E-state index in [1.807, 2.05) is 0 Å². The summed E-state index contributed by atoms with van der Waals surface area (Å²) < 4.78 is 29.2. The third-order valence-corrected chi connectivity index (χ3v) is 3.15. The molecular formula is C17H13F2NO4. The topological polar surface area (TPSA) is 69.4 Å². The van der Waals surface area contributed by atoms with Gasteiger partial charge in [0.1, 0.15) is 5.75 Å². The Balaban J connectivity index is 2.22. The van der Waals surface area contributed by atoms with Crippen LogP contribution in [0.15, 0.2) is 48.5 Å². The molecule has 0 heterocycles. The third kappa shape index (κ3) is 4.45. The predicted molar refractivity (Wildman–Crippen MR) is 84.3 cm³/mol. The number of nitro benzene ring substituents is 1. The highest BCUT2D eigenvalue weighted by Crippen LogP contribution is 2.23. The molecule has 5 nitrogen and oxygen atoms in total. The van der Waals surface area contributed by atoms with Crippen molar-refractivity contribution in [3.8, 4) is 5.75 Å². The van der Waals surface area contributed by atoms with Crippen molar-refractivity contribution in [2.45, 2.75) is 13.5 Å². The number of carbonyl (C=O) groups excluding carboxylic acids is 1. The van der Waals surface area contributed by atoms with E-state index in [0.29, 0.717) is 5.56 Å². The molecule has 0 aliphatic heterocycles. The smallest absolute Gasteiger partial charge is 0.387 e. The zero-order valence-electron chi connectivity index (χ0n) is 12.6. The molecule has 0 radical (unpaired) electrons. The molecule has 2 rings (SSSR count). The summed E-state index contributed by atoms with van der Waals surface area (Å²) >= 11 is 0. The van der Waals surface area contributed by atoms with E-state index >= 15 is 0 Å². The average molecular weight is 333 g/mol. The molecule has 0 aliphatic rings. The van der Waals surface area contributed by atoms with E-state index in [1.54, 1.807) is 13.0 Å². The van der Waals surface area contributed by atoms with Crippen LogP contribution in [-0.2, 0) is 0 Å². The molecule has 0 saturated carbocycles. The van der Waals surface area contributed by atoms with Crippen LogP contribution in [0.5, 0.6) is 5.75 Å². The number of alkyl halides is 2.